The molecule has 4 N–H and O–H groups in total. The van der Waals surface area contributed by atoms with E-state index in [0.29, 0.717) is 11.4 Å². The Kier molecular flexibility index (Phi) is 5.96. The first-order valence-electron chi connectivity index (χ1n) is 7.46. The standard InChI is InChI=1S/C16H19N3O6/c1-24-16(23)12-8-19(6-7-20)15(22)14(12)18-10-2-4-11(5-3-10)25-9-13(17)21/h2-5,18,20H,6-9H2,1H3,(H2,17,21). The van der Waals surface area contributed by atoms with Gasteiger partial charge in [0.1, 0.15) is 11.4 Å². The molecule has 1 aromatic carbocycles. The molecule has 0 fully saturated rings. The summed E-state index contributed by atoms with van der Waals surface area (Å²) < 4.78 is 9.86. The van der Waals surface area contributed by atoms with Gasteiger partial charge in [-0.15, -0.1) is 0 Å². The van der Waals surface area contributed by atoms with Crippen LogP contribution in [0.25, 0.3) is 0 Å². The molecule has 1 aliphatic rings. The Hall–Kier alpha value is -3.07. The van der Waals surface area contributed by atoms with Crippen molar-refractivity contribution in [2.75, 3.05) is 38.7 Å². The number of β-amino-alcohol motifs (C(OH)–C–C–N with tert-alkyl or cyclic N) is 1. The van der Waals surface area contributed by atoms with E-state index in [2.05, 4.69) is 5.32 Å². The fraction of sp³-hybridized carbons (Fsp3) is 0.312. The van der Waals surface area contributed by atoms with Crippen LogP contribution >= 0.6 is 0 Å². The summed E-state index contributed by atoms with van der Waals surface area (Å²) in [6, 6.07) is 6.43. The van der Waals surface area contributed by atoms with Gasteiger partial charge in [0.25, 0.3) is 11.8 Å². The normalized spacial score (nSPS) is 13.8. The highest BCUT2D eigenvalue weighted by atomic mass is 16.5. The van der Waals surface area contributed by atoms with Crippen LogP contribution < -0.4 is 15.8 Å². The van der Waals surface area contributed by atoms with Gasteiger partial charge in [-0.1, -0.05) is 0 Å². The molecule has 0 radical (unpaired) electrons. The number of anilines is 1. The van der Waals surface area contributed by atoms with Gasteiger partial charge in [-0.25, -0.2) is 4.79 Å². The van der Waals surface area contributed by atoms with E-state index in [0.717, 1.165) is 0 Å². The topological polar surface area (TPSA) is 131 Å². The van der Waals surface area contributed by atoms with Gasteiger partial charge in [0, 0.05) is 12.2 Å². The number of nitrogens with two attached hydrogens (primary N) is 1. The molecule has 1 aromatic rings. The Morgan fingerprint density at radius 3 is 2.56 bits per heavy atom. The number of primary amides is 1. The SMILES string of the molecule is COC(=O)C1=C(Nc2ccc(OCC(N)=O)cc2)C(=O)N(CCO)C1. The van der Waals surface area contributed by atoms with E-state index < -0.39 is 17.8 Å². The van der Waals surface area contributed by atoms with Crippen LogP contribution in [0.2, 0.25) is 0 Å². The summed E-state index contributed by atoms with van der Waals surface area (Å²) in [6.45, 7) is -0.267. The molecule has 134 valence electrons. The van der Waals surface area contributed by atoms with Crippen molar-refractivity contribution in [1.82, 2.24) is 4.90 Å². The summed E-state index contributed by atoms with van der Waals surface area (Å²) in [5.41, 5.74) is 5.84. The van der Waals surface area contributed by atoms with Crippen molar-refractivity contribution in [3.8, 4) is 5.75 Å². The Labute approximate surface area is 144 Å². The number of nitrogens with one attached hydrogen (secondary N) is 1. The van der Waals surface area contributed by atoms with E-state index in [-0.39, 0.29) is 37.6 Å². The first kappa shape index (κ1) is 18.3. The predicted octanol–water partition coefficient (Wildman–Crippen LogP) is -0.776. The van der Waals surface area contributed by atoms with Crippen LogP contribution in [0.3, 0.4) is 0 Å². The lowest BCUT2D eigenvalue weighted by atomic mass is 10.2. The second-order valence-corrected chi connectivity index (χ2v) is 5.20. The first-order chi connectivity index (χ1) is 12.0. The number of benzene rings is 1. The summed E-state index contributed by atoms with van der Waals surface area (Å²) in [5, 5.41) is 11.9. The van der Waals surface area contributed by atoms with Crippen molar-refractivity contribution >= 4 is 23.5 Å². The van der Waals surface area contributed by atoms with Gasteiger partial charge in [-0.2, -0.15) is 0 Å². The van der Waals surface area contributed by atoms with Gasteiger partial charge in [-0.3, -0.25) is 9.59 Å². The third-order valence-corrected chi connectivity index (χ3v) is 3.46. The lowest BCUT2D eigenvalue weighted by Crippen LogP contribution is -2.31. The van der Waals surface area contributed by atoms with Crippen molar-refractivity contribution in [1.29, 1.82) is 0 Å². The number of ether oxygens (including phenoxy) is 2. The highest BCUT2D eigenvalue weighted by Crippen LogP contribution is 2.24. The molecule has 2 amide bonds. The third-order valence-electron chi connectivity index (χ3n) is 3.46. The molecule has 0 aliphatic carbocycles. The molecule has 0 unspecified atom stereocenters. The molecule has 1 aliphatic heterocycles. The van der Waals surface area contributed by atoms with Crippen LogP contribution in [0.15, 0.2) is 35.5 Å². The van der Waals surface area contributed by atoms with Crippen molar-refractivity contribution in [3.05, 3.63) is 35.5 Å². The van der Waals surface area contributed by atoms with Gasteiger partial charge in [0.2, 0.25) is 0 Å². The summed E-state index contributed by atoms with van der Waals surface area (Å²) >= 11 is 0. The maximum absolute atomic E-state index is 12.4. The zero-order valence-corrected chi connectivity index (χ0v) is 13.7. The summed E-state index contributed by atoms with van der Waals surface area (Å²) in [4.78, 5) is 36.3. The molecular formula is C16H19N3O6. The quantitative estimate of drug-likeness (QED) is 0.525. The van der Waals surface area contributed by atoms with Crippen molar-refractivity contribution in [3.63, 3.8) is 0 Å². The summed E-state index contributed by atoms with van der Waals surface area (Å²) in [6.07, 6.45) is 0. The van der Waals surface area contributed by atoms with Gasteiger partial charge < -0.3 is 30.5 Å². The van der Waals surface area contributed by atoms with E-state index in [9.17, 15) is 14.4 Å². The molecular weight excluding hydrogens is 330 g/mol. The van der Waals surface area contributed by atoms with Crippen molar-refractivity contribution in [2.45, 2.75) is 0 Å². The molecule has 0 aromatic heterocycles. The van der Waals surface area contributed by atoms with E-state index in [1.807, 2.05) is 0 Å². The molecule has 1 heterocycles. The highest BCUT2D eigenvalue weighted by Gasteiger charge is 2.34. The Balaban J connectivity index is 2.16. The average Bonchev–Trinajstić information content (AvgIpc) is 2.90. The molecule has 9 heteroatoms. The van der Waals surface area contributed by atoms with Gasteiger partial charge in [-0.05, 0) is 24.3 Å². The number of hydrogen-bond donors (Lipinski definition) is 3. The number of aliphatic hydroxyl groups is 1. The third kappa shape index (κ3) is 4.48. The van der Waals surface area contributed by atoms with Crippen molar-refractivity contribution < 1.29 is 29.0 Å². The van der Waals surface area contributed by atoms with Crippen molar-refractivity contribution in [2.24, 2.45) is 5.73 Å². The molecule has 0 bridgehead atoms. The highest BCUT2D eigenvalue weighted by molar-refractivity contribution is 6.08. The number of carbonyl (C=O) groups is 3. The minimum atomic E-state index is -0.613. The molecule has 9 nitrogen and oxygen atoms in total. The molecule has 2 rings (SSSR count). The monoisotopic (exact) mass is 349 g/mol. The molecule has 0 spiro atoms. The fourth-order valence-electron chi connectivity index (χ4n) is 2.28. The van der Waals surface area contributed by atoms with Gasteiger partial charge in [0.05, 0.1) is 25.8 Å². The number of amides is 2. The average molecular weight is 349 g/mol. The Bertz CT molecular complexity index is 698. The zero-order chi connectivity index (χ0) is 18.4. The van der Waals surface area contributed by atoms with Crippen LogP contribution in [0, 0.1) is 0 Å². The largest absolute Gasteiger partial charge is 0.484 e. The Morgan fingerprint density at radius 1 is 1.32 bits per heavy atom. The van der Waals surface area contributed by atoms with Crippen LogP contribution in [-0.2, 0) is 19.1 Å². The lowest BCUT2D eigenvalue weighted by Gasteiger charge is -2.15. The first-order valence-corrected chi connectivity index (χ1v) is 7.46. The zero-order valence-electron chi connectivity index (χ0n) is 13.7. The van der Waals surface area contributed by atoms with Gasteiger partial charge >= 0.3 is 5.97 Å². The number of hydrogen-bond acceptors (Lipinski definition) is 7. The summed E-state index contributed by atoms with van der Waals surface area (Å²) in [5.74, 6) is -1.16. The Morgan fingerprint density at radius 2 is 2.00 bits per heavy atom. The second kappa shape index (κ2) is 8.15. The number of aliphatic hydroxyl groups excluding tert-OH is 1. The van der Waals surface area contributed by atoms with Gasteiger partial charge in [0.15, 0.2) is 6.61 Å². The second-order valence-electron chi connectivity index (χ2n) is 5.20. The number of nitrogens with zero attached hydrogens (tertiary/aromatic N) is 1. The maximum Gasteiger partial charge on any atom is 0.337 e. The van der Waals surface area contributed by atoms with Crippen LogP contribution in [0.5, 0.6) is 5.75 Å². The smallest absolute Gasteiger partial charge is 0.337 e. The number of methoxy groups -OCH3 is 1. The maximum atomic E-state index is 12.4. The molecule has 0 saturated carbocycles. The minimum Gasteiger partial charge on any atom is -0.484 e. The number of esters is 1. The minimum absolute atomic E-state index is 0.0637. The molecule has 25 heavy (non-hydrogen) atoms. The summed E-state index contributed by atoms with van der Waals surface area (Å²) in [7, 11) is 1.23. The van der Waals surface area contributed by atoms with E-state index in [1.54, 1.807) is 24.3 Å². The van der Waals surface area contributed by atoms with Crippen LogP contribution in [0.4, 0.5) is 5.69 Å². The van der Waals surface area contributed by atoms with Crippen LogP contribution in [0.1, 0.15) is 0 Å². The number of carbonyl (C=O) groups excluding carboxylic acids is 3. The lowest BCUT2D eigenvalue weighted by molar-refractivity contribution is -0.136. The van der Waals surface area contributed by atoms with Crippen LogP contribution in [-0.4, -0.2) is 61.2 Å². The van der Waals surface area contributed by atoms with E-state index in [1.165, 1.54) is 12.0 Å². The predicted molar refractivity (Wildman–Crippen MR) is 87.5 cm³/mol. The van der Waals surface area contributed by atoms with E-state index >= 15 is 0 Å². The molecule has 0 atom stereocenters. The number of rotatable bonds is 8. The fourth-order valence-corrected chi connectivity index (χ4v) is 2.28. The van der Waals surface area contributed by atoms with E-state index in [4.69, 9.17) is 20.3 Å². The molecule has 0 saturated heterocycles.